The van der Waals surface area contributed by atoms with E-state index >= 15 is 0 Å². The molecule has 0 bridgehead atoms. The van der Waals surface area contributed by atoms with Crippen molar-refractivity contribution < 1.29 is 50.1 Å². The number of carbonyl (C=O) groups is 2. The van der Waals surface area contributed by atoms with Gasteiger partial charge in [-0.1, -0.05) is 24.3 Å². The van der Waals surface area contributed by atoms with E-state index in [1.165, 1.54) is 19.2 Å². The summed E-state index contributed by atoms with van der Waals surface area (Å²) in [4.78, 5) is 24.2. The zero-order valence-electron chi connectivity index (χ0n) is 12.7. The number of rotatable bonds is 3. The van der Waals surface area contributed by atoms with Gasteiger partial charge in [-0.15, -0.1) is 0 Å². The summed E-state index contributed by atoms with van der Waals surface area (Å²) in [6, 6.07) is 12.3. The van der Waals surface area contributed by atoms with Gasteiger partial charge in [0.2, 0.25) is 0 Å². The van der Waals surface area contributed by atoms with Crippen LogP contribution in [0.15, 0.2) is 48.5 Å². The molecule has 0 unspecified atom stereocenters. The number of amides is 1. The summed E-state index contributed by atoms with van der Waals surface area (Å²) in [5, 5.41) is 8.88. The second kappa shape index (κ2) is 7.36. The zero-order chi connectivity index (χ0) is 14.7. The molecule has 0 atom stereocenters. The van der Waals surface area contributed by atoms with Gasteiger partial charge in [0, 0.05) is 12.6 Å². The summed E-state index contributed by atoms with van der Waals surface area (Å²) in [6.45, 7) is 0. The number of anilines is 1. The van der Waals surface area contributed by atoms with E-state index < -0.39 is 23.3 Å². The molecule has 0 heterocycles. The molecule has 0 spiro atoms. The van der Waals surface area contributed by atoms with Crippen molar-refractivity contribution >= 4 is 17.6 Å². The monoisotopic (exact) mass is 297 g/mol. The Balaban J connectivity index is 0.00000220. The van der Waals surface area contributed by atoms with Gasteiger partial charge in [0.15, 0.2) is 5.82 Å². The molecule has 2 aromatic carbocycles. The third-order valence-electron chi connectivity index (χ3n) is 2.90. The molecule has 2 aromatic rings. The first-order chi connectivity index (χ1) is 9.52. The van der Waals surface area contributed by atoms with Crippen LogP contribution in [0.25, 0.3) is 0 Å². The van der Waals surface area contributed by atoms with Crippen molar-refractivity contribution in [2.75, 3.05) is 11.9 Å². The van der Waals surface area contributed by atoms with Gasteiger partial charge in [-0.05, 0) is 24.3 Å². The van der Waals surface area contributed by atoms with E-state index in [1.54, 1.807) is 30.3 Å². The maximum Gasteiger partial charge on any atom is 1.00 e. The molecule has 4 nitrogen and oxygen atoms in total. The van der Waals surface area contributed by atoms with Crippen LogP contribution in [0.1, 0.15) is 22.1 Å². The van der Waals surface area contributed by atoms with Gasteiger partial charge >= 0.3 is 35.5 Å². The van der Waals surface area contributed by atoms with Gasteiger partial charge in [0.25, 0.3) is 5.91 Å². The van der Waals surface area contributed by atoms with E-state index in [-0.39, 0.29) is 36.7 Å². The summed E-state index contributed by atoms with van der Waals surface area (Å²) in [7, 11) is 1.40. The molecule has 6 heteroatoms. The fraction of sp³-hybridized carbons (Fsp3) is 0.0667. The minimum absolute atomic E-state index is 0. The predicted molar refractivity (Wildman–Crippen MR) is 73.6 cm³/mol. The zero-order valence-corrected chi connectivity index (χ0v) is 13.7. The topological polar surface area (TPSA) is 57.6 Å². The predicted octanol–water partition coefficient (Wildman–Crippen LogP) is -0.0830. The molecule has 21 heavy (non-hydrogen) atoms. The van der Waals surface area contributed by atoms with Crippen LogP contribution in [0.4, 0.5) is 10.1 Å². The Morgan fingerprint density at radius 1 is 1.10 bits per heavy atom. The van der Waals surface area contributed by atoms with Gasteiger partial charge in [0.05, 0.1) is 11.3 Å². The maximum atomic E-state index is 14.1. The molecule has 0 saturated carbocycles. The minimum atomic E-state index is -1.37. The Bertz CT molecular complexity index is 667. The number of benzene rings is 2. The number of hydrogen-bond donors (Lipinski definition) is 1. The Kier molecular flexibility index (Phi) is 6.08. The van der Waals surface area contributed by atoms with Crippen LogP contribution in [0, 0.1) is 5.82 Å². The van der Waals surface area contributed by atoms with Gasteiger partial charge in [-0.2, -0.15) is 0 Å². The van der Waals surface area contributed by atoms with Crippen LogP contribution in [-0.4, -0.2) is 24.0 Å². The summed E-state index contributed by atoms with van der Waals surface area (Å²) in [5.74, 6) is -2.70. The Morgan fingerprint density at radius 2 is 1.71 bits per heavy atom. The number of carbonyl (C=O) groups excluding carboxylic acids is 1. The SMILES string of the molecule is CN(C(=O)c1ccccc1)c1cccc(C(=O)O)c1F.[H-].[Na+]. The minimum Gasteiger partial charge on any atom is -1.00 e. The van der Waals surface area contributed by atoms with Crippen molar-refractivity contribution in [1.29, 1.82) is 0 Å². The first-order valence-electron chi connectivity index (χ1n) is 5.87. The molecule has 1 N–H and O–H groups in total. The summed E-state index contributed by atoms with van der Waals surface area (Å²) < 4.78 is 14.1. The number of carboxylic acids is 1. The van der Waals surface area contributed by atoms with E-state index in [1.807, 2.05) is 0 Å². The van der Waals surface area contributed by atoms with Crippen molar-refractivity contribution in [3.8, 4) is 0 Å². The molecule has 0 radical (unpaired) electrons. The molecular weight excluding hydrogens is 284 g/mol. The number of hydrogen-bond acceptors (Lipinski definition) is 2. The first kappa shape index (κ1) is 17.4. The van der Waals surface area contributed by atoms with Crippen LogP contribution >= 0.6 is 0 Å². The molecule has 0 aliphatic heterocycles. The van der Waals surface area contributed by atoms with Crippen LogP contribution in [0.3, 0.4) is 0 Å². The largest absolute Gasteiger partial charge is 1.00 e. The van der Waals surface area contributed by atoms with Crippen molar-refractivity contribution in [3.63, 3.8) is 0 Å². The molecule has 0 aliphatic carbocycles. The Hall–Kier alpha value is -1.69. The molecule has 1 amide bonds. The molecule has 0 aliphatic rings. The van der Waals surface area contributed by atoms with Crippen molar-refractivity contribution in [2.24, 2.45) is 0 Å². The molecule has 0 saturated heterocycles. The molecule has 0 aromatic heterocycles. The Labute approximate surface area is 145 Å². The van der Waals surface area contributed by atoms with Crippen LogP contribution in [-0.2, 0) is 0 Å². The molecule has 104 valence electrons. The normalized spacial score (nSPS) is 9.62. The summed E-state index contributed by atoms with van der Waals surface area (Å²) >= 11 is 0. The first-order valence-corrected chi connectivity index (χ1v) is 5.87. The second-order valence-electron chi connectivity index (χ2n) is 4.17. The van der Waals surface area contributed by atoms with E-state index in [4.69, 9.17) is 5.11 Å². The smallest absolute Gasteiger partial charge is 1.00 e. The van der Waals surface area contributed by atoms with E-state index in [9.17, 15) is 14.0 Å². The van der Waals surface area contributed by atoms with Crippen LogP contribution < -0.4 is 34.5 Å². The van der Waals surface area contributed by atoms with Gasteiger partial charge in [0.1, 0.15) is 0 Å². The standard InChI is InChI=1S/C15H12FNO3.Na.H/c1-17(14(18)10-6-3-2-4-7-10)12-9-5-8-11(13(12)16)15(19)20;;/h2-9H,1H3,(H,19,20);;/q;+1;-1. The van der Waals surface area contributed by atoms with Crippen molar-refractivity contribution in [1.82, 2.24) is 0 Å². The van der Waals surface area contributed by atoms with Gasteiger partial charge < -0.3 is 11.4 Å². The Morgan fingerprint density at radius 3 is 2.29 bits per heavy atom. The van der Waals surface area contributed by atoms with Crippen LogP contribution in [0.2, 0.25) is 0 Å². The number of aromatic carboxylic acids is 1. The quantitative estimate of drug-likeness (QED) is 0.806. The van der Waals surface area contributed by atoms with E-state index in [0.29, 0.717) is 5.56 Å². The molecule has 2 rings (SSSR count). The maximum absolute atomic E-state index is 14.1. The van der Waals surface area contributed by atoms with Gasteiger partial charge in [-0.3, -0.25) is 4.79 Å². The third kappa shape index (κ3) is 3.69. The number of carboxylic acid groups (broad SMARTS) is 1. The fourth-order valence-corrected chi connectivity index (χ4v) is 1.83. The van der Waals surface area contributed by atoms with Crippen molar-refractivity contribution in [2.45, 2.75) is 0 Å². The summed E-state index contributed by atoms with van der Waals surface area (Å²) in [5.41, 5.74) is -0.135. The van der Waals surface area contributed by atoms with E-state index in [0.717, 1.165) is 11.0 Å². The van der Waals surface area contributed by atoms with Crippen LogP contribution in [0.5, 0.6) is 0 Å². The van der Waals surface area contributed by atoms with Crippen molar-refractivity contribution in [3.05, 3.63) is 65.5 Å². The third-order valence-corrected chi connectivity index (χ3v) is 2.90. The average molecular weight is 297 g/mol. The molecule has 0 fully saturated rings. The molecular formula is C15H13FNNaO3. The average Bonchev–Trinajstić information content (AvgIpc) is 2.46. The second-order valence-corrected chi connectivity index (χ2v) is 4.17. The number of nitrogens with zero attached hydrogens (tertiary/aromatic N) is 1. The van der Waals surface area contributed by atoms with Gasteiger partial charge in [-0.25, -0.2) is 9.18 Å². The summed E-state index contributed by atoms with van der Waals surface area (Å²) in [6.07, 6.45) is 0. The van der Waals surface area contributed by atoms with E-state index in [2.05, 4.69) is 0 Å². The fourth-order valence-electron chi connectivity index (χ4n) is 1.83. The number of halogens is 1.